The van der Waals surface area contributed by atoms with Gasteiger partial charge in [-0.25, -0.2) is 0 Å². The van der Waals surface area contributed by atoms with Crippen molar-refractivity contribution in [3.63, 3.8) is 0 Å². The number of aliphatic hydroxyl groups excluding tert-OH is 1. The number of hydrogen-bond donors (Lipinski definition) is 2. The van der Waals surface area contributed by atoms with Crippen molar-refractivity contribution in [3.8, 4) is 0 Å². The number of aliphatic hydroxyl groups is 1. The summed E-state index contributed by atoms with van der Waals surface area (Å²) in [4.78, 5) is 11.9. The SMILES string of the molecule is O=C([N-]c1c[n+](CC(O)c2ccccc2)no1)Nc1ccc(Cl)cc1. The Labute approximate surface area is 148 Å². The molecule has 1 heterocycles. The Morgan fingerprint density at radius 3 is 2.68 bits per heavy atom. The number of aromatic nitrogens is 2. The van der Waals surface area contributed by atoms with E-state index < -0.39 is 12.1 Å². The van der Waals surface area contributed by atoms with Crippen molar-refractivity contribution in [2.45, 2.75) is 12.6 Å². The van der Waals surface area contributed by atoms with E-state index in [1.807, 2.05) is 30.3 Å². The number of nitrogens with zero attached hydrogens (tertiary/aromatic N) is 3. The maximum absolute atomic E-state index is 11.9. The van der Waals surface area contributed by atoms with E-state index in [0.29, 0.717) is 10.7 Å². The van der Waals surface area contributed by atoms with Crippen LogP contribution in [0.1, 0.15) is 11.7 Å². The van der Waals surface area contributed by atoms with Gasteiger partial charge in [-0.2, -0.15) is 0 Å². The number of benzene rings is 2. The van der Waals surface area contributed by atoms with Crippen LogP contribution in [0.4, 0.5) is 16.4 Å². The Kier molecular flexibility index (Phi) is 5.27. The second-order valence-electron chi connectivity index (χ2n) is 5.24. The summed E-state index contributed by atoms with van der Waals surface area (Å²) in [6.07, 6.45) is 0.695. The summed E-state index contributed by atoms with van der Waals surface area (Å²) in [5, 5.41) is 20.8. The zero-order chi connectivity index (χ0) is 17.6. The number of carbonyl (C=O) groups is 1. The topological polar surface area (TPSA) is 93.3 Å². The van der Waals surface area contributed by atoms with Gasteiger partial charge >= 0.3 is 0 Å². The van der Waals surface area contributed by atoms with Crippen LogP contribution in [0.25, 0.3) is 5.32 Å². The summed E-state index contributed by atoms with van der Waals surface area (Å²) >= 11 is 5.78. The fourth-order valence-electron chi connectivity index (χ4n) is 2.15. The number of rotatable bonds is 5. The highest BCUT2D eigenvalue weighted by molar-refractivity contribution is 6.30. The number of halogens is 1. The smallest absolute Gasteiger partial charge is 0.241 e. The molecule has 0 aliphatic rings. The molecule has 2 amide bonds. The highest BCUT2D eigenvalue weighted by atomic mass is 35.5. The molecule has 1 atom stereocenters. The molecule has 0 fully saturated rings. The average molecular weight is 359 g/mol. The Hall–Kier alpha value is -2.90. The van der Waals surface area contributed by atoms with Gasteiger partial charge in [-0.05, 0) is 28.1 Å². The van der Waals surface area contributed by atoms with Crippen LogP contribution in [0.5, 0.6) is 0 Å². The van der Waals surface area contributed by atoms with E-state index in [1.54, 1.807) is 24.3 Å². The summed E-state index contributed by atoms with van der Waals surface area (Å²) in [5.41, 5.74) is 1.32. The van der Waals surface area contributed by atoms with Gasteiger partial charge in [-0.1, -0.05) is 54.1 Å². The lowest BCUT2D eigenvalue weighted by Gasteiger charge is -2.12. The minimum Gasteiger partial charge on any atom is -0.424 e. The molecule has 0 aliphatic heterocycles. The molecular weight excluding hydrogens is 344 g/mol. The molecule has 3 rings (SSSR count). The van der Waals surface area contributed by atoms with E-state index in [9.17, 15) is 9.90 Å². The van der Waals surface area contributed by atoms with Crippen molar-refractivity contribution in [1.82, 2.24) is 5.27 Å². The Bertz CT molecular complexity index is 837. The maximum Gasteiger partial charge on any atom is 0.241 e. The lowest BCUT2D eigenvalue weighted by atomic mass is 10.1. The van der Waals surface area contributed by atoms with E-state index in [1.165, 1.54) is 10.9 Å². The number of amides is 2. The molecule has 8 heteroatoms. The van der Waals surface area contributed by atoms with Gasteiger partial charge in [0, 0.05) is 5.02 Å². The van der Waals surface area contributed by atoms with Crippen LogP contribution < -0.4 is 10.00 Å². The van der Waals surface area contributed by atoms with Gasteiger partial charge in [-0.15, -0.1) is 0 Å². The highest BCUT2D eigenvalue weighted by Gasteiger charge is 2.17. The third kappa shape index (κ3) is 4.79. The zero-order valence-corrected chi connectivity index (χ0v) is 13.8. The molecule has 1 aromatic heterocycles. The summed E-state index contributed by atoms with van der Waals surface area (Å²) < 4.78 is 6.36. The van der Waals surface area contributed by atoms with Crippen LogP contribution in [-0.2, 0) is 6.54 Å². The van der Waals surface area contributed by atoms with Crippen molar-refractivity contribution in [1.29, 1.82) is 0 Å². The summed E-state index contributed by atoms with van der Waals surface area (Å²) in [7, 11) is 0. The molecule has 0 saturated heterocycles. The first-order chi connectivity index (χ1) is 12.1. The highest BCUT2D eigenvalue weighted by Crippen LogP contribution is 2.19. The van der Waals surface area contributed by atoms with Crippen molar-refractivity contribution >= 4 is 29.2 Å². The third-order valence-corrected chi connectivity index (χ3v) is 3.60. The van der Waals surface area contributed by atoms with Gasteiger partial charge in [0.15, 0.2) is 11.3 Å². The van der Waals surface area contributed by atoms with Gasteiger partial charge in [0.1, 0.15) is 6.10 Å². The number of hydrogen-bond acceptors (Lipinski definition) is 4. The van der Waals surface area contributed by atoms with Crippen LogP contribution >= 0.6 is 11.6 Å². The van der Waals surface area contributed by atoms with Gasteiger partial charge in [0.05, 0.1) is 0 Å². The summed E-state index contributed by atoms with van der Waals surface area (Å²) in [6.45, 7) is 0.182. The largest absolute Gasteiger partial charge is 0.424 e. The minimum atomic E-state index is -0.743. The maximum atomic E-state index is 11.9. The van der Waals surface area contributed by atoms with Crippen molar-refractivity contribution in [2.24, 2.45) is 0 Å². The standard InChI is InChI=1S/C17H15ClN4O3/c18-13-6-8-14(9-7-13)19-17(24)20-16-11-22(21-25-16)10-15(23)12-4-2-1-3-5-12/h1-9,11,15,23H,10H2,(H-,19,20,21,24). The molecule has 128 valence electrons. The van der Waals surface area contributed by atoms with Crippen LogP contribution in [0.2, 0.25) is 5.02 Å². The number of anilines is 1. The van der Waals surface area contributed by atoms with Crippen LogP contribution in [0.15, 0.2) is 65.3 Å². The van der Waals surface area contributed by atoms with Gasteiger partial charge in [-0.3, -0.25) is 4.79 Å². The predicted molar refractivity (Wildman–Crippen MR) is 91.6 cm³/mol. The first-order valence-corrected chi connectivity index (χ1v) is 7.86. The number of urea groups is 1. The second kappa shape index (κ2) is 7.78. The van der Waals surface area contributed by atoms with Gasteiger partial charge in [0.2, 0.25) is 18.6 Å². The molecule has 0 bridgehead atoms. The lowest BCUT2D eigenvalue weighted by molar-refractivity contribution is -0.768. The van der Waals surface area contributed by atoms with Crippen molar-refractivity contribution < 1.29 is 19.1 Å². The Balaban J connectivity index is 1.56. The molecule has 0 spiro atoms. The molecule has 0 radical (unpaired) electrons. The molecule has 25 heavy (non-hydrogen) atoms. The minimum absolute atomic E-state index is 0.0340. The first-order valence-electron chi connectivity index (χ1n) is 7.48. The fourth-order valence-corrected chi connectivity index (χ4v) is 2.27. The van der Waals surface area contributed by atoms with E-state index in [4.69, 9.17) is 16.1 Å². The van der Waals surface area contributed by atoms with E-state index in [0.717, 1.165) is 5.56 Å². The molecule has 0 saturated carbocycles. The lowest BCUT2D eigenvalue weighted by Crippen LogP contribution is -2.37. The molecule has 2 aromatic carbocycles. The Morgan fingerprint density at radius 1 is 1.24 bits per heavy atom. The molecule has 1 unspecified atom stereocenters. The second-order valence-corrected chi connectivity index (χ2v) is 5.67. The molecule has 0 aliphatic carbocycles. The van der Waals surface area contributed by atoms with Crippen LogP contribution in [0.3, 0.4) is 0 Å². The van der Waals surface area contributed by atoms with Gasteiger partial charge in [0.25, 0.3) is 0 Å². The normalized spacial score (nSPS) is 11.8. The van der Waals surface area contributed by atoms with Crippen molar-refractivity contribution in [2.75, 3.05) is 5.32 Å². The third-order valence-electron chi connectivity index (χ3n) is 3.35. The monoisotopic (exact) mass is 358 g/mol. The number of carbonyl (C=O) groups excluding carboxylic acids is 1. The molecule has 3 aromatic rings. The van der Waals surface area contributed by atoms with Gasteiger partial charge < -0.3 is 20.3 Å². The van der Waals surface area contributed by atoms with Crippen LogP contribution in [-0.4, -0.2) is 16.4 Å². The molecular formula is C17H15ClN4O3. The number of nitrogens with one attached hydrogen (secondary N) is 1. The van der Waals surface area contributed by atoms with Crippen molar-refractivity contribution in [3.05, 3.63) is 76.7 Å². The zero-order valence-electron chi connectivity index (χ0n) is 13.0. The van der Waals surface area contributed by atoms with Crippen LogP contribution in [0, 0.1) is 0 Å². The Morgan fingerprint density at radius 2 is 1.96 bits per heavy atom. The summed E-state index contributed by atoms with van der Waals surface area (Å²) in [6, 6.07) is 15.2. The molecule has 2 N–H and O–H groups in total. The average Bonchev–Trinajstić information content (AvgIpc) is 3.04. The quantitative estimate of drug-likeness (QED) is 0.681. The molecule has 7 nitrogen and oxygen atoms in total. The summed E-state index contributed by atoms with van der Waals surface area (Å²) in [5.74, 6) is 0.0340. The van der Waals surface area contributed by atoms with E-state index in [2.05, 4.69) is 15.9 Å². The van der Waals surface area contributed by atoms with E-state index >= 15 is 0 Å². The first kappa shape index (κ1) is 16.9. The van der Waals surface area contributed by atoms with E-state index in [-0.39, 0.29) is 12.4 Å². The fraction of sp³-hybridized carbons (Fsp3) is 0.118. The predicted octanol–water partition coefficient (Wildman–Crippen LogP) is 3.59.